The second-order valence-electron chi connectivity index (χ2n) is 8.43. The van der Waals surface area contributed by atoms with Gasteiger partial charge in [-0.2, -0.15) is 4.31 Å². The van der Waals surface area contributed by atoms with Crippen molar-refractivity contribution in [3.05, 3.63) is 59.9 Å². The van der Waals surface area contributed by atoms with Crippen molar-refractivity contribution in [3.63, 3.8) is 0 Å². The lowest BCUT2D eigenvalue weighted by Gasteiger charge is -2.46. The van der Waals surface area contributed by atoms with Crippen molar-refractivity contribution in [1.29, 1.82) is 0 Å². The van der Waals surface area contributed by atoms with Crippen LogP contribution >= 0.6 is 0 Å². The molecule has 0 bridgehead atoms. The maximum Gasteiger partial charge on any atom is 0.247 e. The monoisotopic (exact) mass is 491 g/mol. The molecule has 34 heavy (non-hydrogen) atoms. The van der Waals surface area contributed by atoms with E-state index >= 15 is 0 Å². The van der Waals surface area contributed by atoms with Crippen LogP contribution in [0.15, 0.2) is 53.4 Å². The van der Waals surface area contributed by atoms with Crippen LogP contribution in [0.1, 0.15) is 32.3 Å². The normalized spacial score (nSPS) is 19.2. The molecule has 3 rings (SSSR count). The Morgan fingerprint density at radius 2 is 1.79 bits per heavy atom. The zero-order chi connectivity index (χ0) is 24.9. The van der Waals surface area contributed by atoms with Crippen molar-refractivity contribution in [1.82, 2.24) is 14.5 Å². The average molecular weight is 492 g/mol. The van der Waals surface area contributed by atoms with Crippen LogP contribution in [0.4, 0.5) is 4.39 Å². The highest BCUT2D eigenvalue weighted by atomic mass is 32.2. The van der Waals surface area contributed by atoms with Gasteiger partial charge in [0.1, 0.15) is 17.1 Å². The number of amides is 2. The number of carbonyl (C=O) groups is 2. The topological polar surface area (TPSA) is 96.0 Å². The van der Waals surface area contributed by atoms with E-state index in [1.807, 2.05) is 6.92 Å². The van der Waals surface area contributed by atoms with Gasteiger partial charge in [-0.3, -0.25) is 9.59 Å². The molecule has 8 nitrogen and oxygen atoms in total. The summed E-state index contributed by atoms with van der Waals surface area (Å²) in [5.41, 5.74) is -0.729. The number of hydrogen-bond acceptors (Lipinski definition) is 5. The molecule has 1 atom stereocenters. The molecule has 0 aliphatic carbocycles. The number of unbranched alkanes of at least 4 members (excludes halogenated alkanes) is 1. The van der Waals surface area contributed by atoms with Crippen LogP contribution in [0, 0.1) is 5.82 Å². The molecule has 1 saturated heterocycles. The fraction of sp³-hybridized carbons (Fsp3) is 0.417. The van der Waals surface area contributed by atoms with E-state index in [1.165, 1.54) is 48.4 Å². The molecule has 0 aromatic heterocycles. The predicted molar refractivity (Wildman–Crippen MR) is 125 cm³/mol. The van der Waals surface area contributed by atoms with Crippen LogP contribution in [0.3, 0.4) is 0 Å². The van der Waals surface area contributed by atoms with E-state index in [4.69, 9.17) is 4.74 Å². The van der Waals surface area contributed by atoms with Gasteiger partial charge in [-0.1, -0.05) is 25.5 Å². The van der Waals surface area contributed by atoms with E-state index < -0.39 is 27.4 Å². The summed E-state index contributed by atoms with van der Waals surface area (Å²) in [6.45, 7) is 3.48. The van der Waals surface area contributed by atoms with Gasteiger partial charge in [0.2, 0.25) is 21.8 Å². The molecular weight excluding hydrogens is 461 g/mol. The molecule has 2 aromatic carbocycles. The maximum atomic E-state index is 13.4. The Bertz CT molecular complexity index is 1120. The Hall–Kier alpha value is -2.98. The average Bonchev–Trinajstić information content (AvgIpc) is 2.83. The van der Waals surface area contributed by atoms with Gasteiger partial charge in [-0.05, 0) is 55.3 Å². The third kappa shape index (κ3) is 5.39. The Labute approximate surface area is 199 Å². The van der Waals surface area contributed by atoms with Crippen LogP contribution in [0.2, 0.25) is 0 Å². The fourth-order valence-corrected chi connectivity index (χ4v) is 5.40. The van der Waals surface area contributed by atoms with Crippen LogP contribution in [-0.4, -0.2) is 61.7 Å². The first kappa shape index (κ1) is 25.6. The number of carbonyl (C=O) groups excluding carboxylic acids is 2. The van der Waals surface area contributed by atoms with Gasteiger partial charge in [0, 0.05) is 19.6 Å². The smallest absolute Gasteiger partial charge is 0.247 e. The Balaban J connectivity index is 1.87. The van der Waals surface area contributed by atoms with Crippen LogP contribution < -0.4 is 10.1 Å². The number of nitrogens with one attached hydrogen (secondary N) is 1. The first-order chi connectivity index (χ1) is 16.1. The number of benzene rings is 2. The molecule has 0 spiro atoms. The SMILES string of the molecule is CCCCN1C(=O)CN(S(=O)(=O)c2ccc(OC)cc2)CC1(C)C(=O)NCc1ccc(F)cc1. The fourth-order valence-electron chi connectivity index (χ4n) is 3.92. The molecule has 1 N–H and O–H groups in total. The van der Waals surface area contributed by atoms with E-state index in [0.29, 0.717) is 24.3 Å². The second kappa shape index (κ2) is 10.5. The van der Waals surface area contributed by atoms with Gasteiger partial charge in [0.25, 0.3) is 0 Å². The summed E-state index contributed by atoms with van der Waals surface area (Å²) < 4.78 is 46.0. The standard InChI is InChI=1S/C24H30FN3O5S/c1-4-5-14-28-22(29)16-27(34(31,32)21-12-10-20(33-3)11-13-21)17-24(28,2)23(30)26-15-18-6-8-19(25)9-7-18/h6-13H,4-5,14-17H2,1-3H3,(H,26,30). The van der Waals surface area contributed by atoms with Crippen molar-refractivity contribution in [2.45, 2.75) is 43.7 Å². The van der Waals surface area contributed by atoms with Gasteiger partial charge in [0.05, 0.1) is 18.6 Å². The lowest BCUT2D eigenvalue weighted by Crippen LogP contribution is -2.69. The van der Waals surface area contributed by atoms with Crippen molar-refractivity contribution in [2.75, 3.05) is 26.7 Å². The zero-order valence-corrected chi connectivity index (χ0v) is 20.4. The minimum atomic E-state index is -4.03. The third-order valence-electron chi connectivity index (χ3n) is 5.98. The summed E-state index contributed by atoms with van der Waals surface area (Å²) in [7, 11) is -2.55. The summed E-state index contributed by atoms with van der Waals surface area (Å²) in [5, 5.41) is 2.79. The molecule has 1 aliphatic heterocycles. The number of rotatable bonds is 9. The van der Waals surface area contributed by atoms with Crippen LogP contribution in [-0.2, 0) is 26.2 Å². The minimum Gasteiger partial charge on any atom is -0.497 e. The molecule has 2 amide bonds. The highest BCUT2D eigenvalue weighted by Crippen LogP contribution is 2.29. The van der Waals surface area contributed by atoms with E-state index in [9.17, 15) is 22.4 Å². The van der Waals surface area contributed by atoms with E-state index in [0.717, 1.165) is 10.7 Å². The lowest BCUT2D eigenvalue weighted by molar-refractivity contribution is -0.152. The molecule has 184 valence electrons. The summed E-state index contributed by atoms with van der Waals surface area (Å²) >= 11 is 0. The lowest BCUT2D eigenvalue weighted by atomic mass is 9.95. The van der Waals surface area contributed by atoms with Crippen molar-refractivity contribution >= 4 is 21.8 Å². The number of hydrogen-bond donors (Lipinski definition) is 1. The quantitative estimate of drug-likeness (QED) is 0.582. The molecule has 1 fully saturated rings. The summed E-state index contributed by atoms with van der Waals surface area (Å²) in [4.78, 5) is 27.9. The minimum absolute atomic E-state index is 0.0113. The van der Waals surface area contributed by atoms with E-state index in [-0.39, 0.29) is 30.3 Å². The van der Waals surface area contributed by atoms with Crippen molar-refractivity contribution in [2.24, 2.45) is 0 Å². The number of halogens is 1. The molecule has 1 unspecified atom stereocenters. The Kier molecular flexibility index (Phi) is 7.93. The highest BCUT2D eigenvalue weighted by Gasteiger charge is 2.50. The number of methoxy groups -OCH3 is 1. The molecule has 0 radical (unpaired) electrons. The molecule has 10 heteroatoms. The predicted octanol–water partition coefficient (Wildman–Crippen LogP) is 2.54. The van der Waals surface area contributed by atoms with E-state index in [1.54, 1.807) is 19.1 Å². The molecular formula is C24H30FN3O5S. The second-order valence-corrected chi connectivity index (χ2v) is 10.4. The van der Waals surface area contributed by atoms with Gasteiger partial charge in [-0.15, -0.1) is 0 Å². The van der Waals surface area contributed by atoms with Crippen LogP contribution in [0.25, 0.3) is 0 Å². The van der Waals surface area contributed by atoms with Crippen molar-refractivity contribution in [3.8, 4) is 5.75 Å². The number of piperazine rings is 1. The molecule has 0 saturated carbocycles. The summed E-state index contributed by atoms with van der Waals surface area (Å²) in [6, 6.07) is 11.6. The van der Waals surface area contributed by atoms with Gasteiger partial charge in [-0.25, -0.2) is 12.8 Å². The van der Waals surface area contributed by atoms with Gasteiger partial charge < -0.3 is 15.0 Å². The first-order valence-electron chi connectivity index (χ1n) is 11.1. The molecule has 1 aliphatic rings. The zero-order valence-electron chi connectivity index (χ0n) is 19.6. The van der Waals surface area contributed by atoms with E-state index in [2.05, 4.69) is 5.32 Å². The molecule has 1 heterocycles. The Morgan fingerprint density at radius 3 is 2.38 bits per heavy atom. The largest absolute Gasteiger partial charge is 0.497 e. The van der Waals surface area contributed by atoms with Gasteiger partial charge in [0.15, 0.2) is 0 Å². The Morgan fingerprint density at radius 1 is 1.15 bits per heavy atom. The summed E-state index contributed by atoms with van der Waals surface area (Å²) in [5.74, 6) is -0.790. The third-order valence-corrected chi connectivity index (χ3v) is 7.79. The number of sulfonamides is 1. The first-order valence-corrected chi connectivity index (χ1v) is 12.5. The molecule has 2 aromatic rings. The number of nitrogens with zero attached hydrogens (tertiary/aromatic N) is 2. The van der Waals surface area contributed by atoms with Crippen molar-refractivity contribution < 1.29 is 27.1 Å². The van der Waals surface area contributed by atoms with Gasteiger partial charge >= 0.3 is 0 Å². The maximum absolute atomic E-state index is 13.4. The van der Waals surface area contributed by atoms with Crippen LogP contribution in [0.5, 0.6) is 5.75 Å². The summed E-state index contributed by atoms with van der Waals surface area (Å²) in [6.07, 6.45) is 1.49. The highest BCUT2D eigenvalue weighted by molar-refractivity contribution is 7.89. The number of ether oxygens (including phenoxy) is 1.